The van der Waals surface area contributed by atoms with Gasteiger partial charge in [0, 0.05) is 152 Å². The molecule has 27 nitrogen and oxygen atoms in total. The lowest BCUT2D eigenvalue weighted by Gasteiger charge is -2.39. The predicted molar refractivity (Wildman–Crippen MR) is 499 cm³/mol. The minimum absolute atomic E-state index is 0.0149. The van der Waals surface area contributed by atoms with Gasteiger partial charge in [-0.15, -0.1) is 0 Å². The van der Waals surface area contributed by atoms with Crippen LogP contribution >= 0.6 is 23.2 Å². The highest BCUT2D eigenvalue weighted by Gasteiger charge is 2.41. The number of hydrogen-bond donors (Lipinski definition) is 5. The summed E-state index contributed by atoms with van der Waals surface area (Å²) in [7, 11) is -9.25. The van der Waals surface area contributed by atoms with Crippen LogP contribution in [0.2, 0.25) is 10.0 Å². The van der Waals surface area contributed by atoms with E-state index in [4.69, 9.17) is 42.1 Å². The van der Waals surface area contributed by atoms with E-state index < -0.39 is 57.1 Å². The first-order valence-corrected chi connectivity index (χ1v) is 48.6. The van der Waals surface area contributed by atoms with Crippen molar-refractivity contribution in [1.82, 2.24) is 39.2 Å². The Balaban J connectivity index is 0.000000181. The smallest absolute Gasteiger partial charge is 0.277 e. The second-order valence-electron chi connectivity index (χ2n) is 38.1. The Kier molecular flexibility index (Phi) is 26.2. The molecule has 4 aliphatic carbocycles. The normalized spacial score (nSPS) is 21.1. The summed E-state index contributed by atoms with van der Waals surface area (Å²) in [6, 6.07) is 38.3. The maximum atomic E-state index is 14.1. The van der Waals surface area contributed by atoms with Gasteiger partial charge in [0.1, 0.15) is 45.8 Å². The van der Waals surface area contributed by atoms with Gasteiger partial charge >= 0.3 is 0 Å². The molecule has 0 bridgehead atoms. The number of nitrogens with zero attached hydrogens (tertiary/aromatic N) is 8. The average Bonchev–Trinajstić information content (AvgIpc) is 0.969. The molecule has 0 spiro atoms. The number of nitrogens with one attached hydrogen (secondary N) is 4. The molecule has 2 atom stereocenters. The number of carbonyl (C=O) groups is 2. The van der Waals surface area contributed by atoms with Crippen molar-refractivity contribution in [3.63, 3.8) is 0 Å². The van der Waals surface area contributed by atoms with E-state index >= 15 is 0 Å². The number of nitro benzene ring substituents is 2. The largest absolute Gasteiger partial charge is 0.493 e. The van der Waals surface area contributed by atoms with Gasteiger partial charge in [-0.2, -0.15) is 0 Å². The number of amides is 2. The molecule has 129 heavy (non-hydrogen) atoms. The van der Waals surface area contributed by atoms with Gasteiger partial charge in [0.2, 0.25) is 0 Å². The van der Waals surface area contributed by atoms with Crippen molar-refractivity contribution in [2.75, 3.05) is 88.5 Å². The monoisotopic (exact) mass is 1830 g/mol. The summed E-state index contributed by atoms with van der Waals surface area (Å²) in [5.41, 5.74) is 10.8. The Labute approximate surface area is 761 Å². The van der Waals surface area contributed by atoms with Crippen molar-refractivity contribution in [2.45, 2.75) is 166 Å². The molecule has 5 N–H and O–H groups in total. The third-order valence-electron chi connectivity index (χ3n) is 27.5. The summed E-state index contributed by atoms with van der Waals surface area (Å²) in [5.74, 6) is 0.169. The molecular formula is C98H110Cl2N12O15S2. The van der Waals surface area contributed by atoms with Crippen LogP contribution in [-0.4, -0.2) is 158 Å². The number of piperazine rings is 2. The minimum atomic E-state index is -4.64. The Morgan fingerprint density at radius 3 is 1.43 bits per heavy atom. The van der Waals surface area contributed by atoms with Crippen molar-refractivity contribution < 1.29 is 60.3 Å². The molecule has 4 aliphatic heterocycles. The van der Waals surface area contributed by atoms with Crippen molar-refractivity contribution >= 4 is 111 Å². The highest BCUT2D eigenvalue weighted by atomic mass is 35.5. The molecule has 4 aromatic heterocycles. The number of aromatic nitrogens is 4. The number of benzene rings is 6. The maximum absolute atomic E-state index is 14.1. The summed E-state index contributed by atoms with van der Waals surface area (Å²) in [4.78, 5) is 75.3. The first-order valence-electron chi connectivity index (χ1n) is 44.9. The summed E-state index contributed by atoms with van der Waals surface area (Å²) in [5, 5.41) is 38.3. The molecule has 31 heteroatoms. The molecule has 0 unspecified atom stereocenters. The van der Waals surface area contributed by atoms with Gasteiger partial charge < -0.3 is 43.8 Å². The van der Waals surface area contributed by atoms with Gasteiger partial charge in [0.15, 0.2) is 0 Å². The maximum Gasteiger partial charge on any atom is 0.277 e. The number of pyridine rings is 2. The van der Waals surface area contributed by atoms with Gasteiger partial charge in [-0.1, -0.05) is 118 Å². The van der Waals surface area contributed by atoms with Gasteiger partial charge in [-0.05, 0) is 214 Å². The summed E-state index contributed by atoms with van der Waals surface area (Å²) in [6.07, 6.45) is 23.4. The predicted octanol–water partition coefficient (Wildman–Crippen LogP) is 19.7. The minimum Gasteiger partial charge on any atom is -0.493 e. The summed E-state index contributed by atoms with van der Waals surface area (Å²) >= 11 is 12.5. The lowest BCUT2D eigenvalue weighted by atomic mass is 9.72. The molecule has 10 aromatic rings. The topological polar surface area (TPSA) is 340 Å². The van der Waals surface area contributed by atoms with Crippen molar-refractivity contribution in [1.29, 1.82) is 0 Å². The summed E-state index contributed by atoms with van der Waals surface area (Å²) < 4.78 is 84.9. The molecule has 0 radical (unpaired) electrons. The zero-order valence-corrected chi connectivity index (χ0v) is 76.5. The molecule has 4 fully saturated rings. The number of fused-ring (bicyclic) bond motifs is 4. The van der Waals surface area contributed by atoms with Gasteiger partial charge in [0.25, 0.3) is 43.2 Å². The Morgan fingerprint density at radius 2 is 0.977 bits per heavy atom. The van der Waals surface area contributed by atoms with E-state index in [1.165, 1.54) is 77.2 Å². The molecule has 8 aliphatic rings. The van der Waals surface area contributed by atoms with Gasteiger partial charge in [-0.3, -0.25) is 39.6 Å². The standard InChI is InChI=1S/C49H55ClN6O8S.C49H55ClN6O7S/c1-48(2)14-10-34(42(27-48)32-4-6-36(50)7-5-32)29-54-18-20-55(21-19-54)37-8-9-40(45(24-37)64-38-22-33-13-17-51-46(33)52-28-38)47(57)53-65(61,62)39-25-43(56(59)60)41-23-35(30-63-44(41)26-39)31-11-15-49(3,58)16-12-31;1-49(2)16-14-36(43(28-49)34-8-10-37(50)11-9-34)30-54-18-20-55(21-19-54)38-12-13-41(46(25-38)63-39-24-35-15-17-51-47(35)52-29-39)48(57)53-64(60,61)40-26-44(56(58)59)42-23-33(31-62-45(42)27-40)22-32-6-4-3-5-7-32/h4-9,13,17,22,24-26,28,31,35,58H,10-12,14-16,18-21,23,27,29-30H2,1-3H3,(H,51,52)(H,53,57);8-13,15,17,24-27,29,32-33H,3-7,14,16,18-23,28,30-31H2,1-2H3,(H,51,52)(H,53,57)/t31?,35-,49?;33-/m10/s1. The lowest BCUT2D eigenvalue weighted by Crippen LogP contribution is -2.47. The van der Waals surface area contributed by atoms with Crippen LogP contribution in [0.1, 0.15) is 180 Å². The fraction of sp³-hybridized carbons (Fsp3) is 0.429. The first-order chi connectivity index (χ1) is 61.8. The summed E-state index contributed by atoms with van der Waals surface area (Å²) in [6.45, 7) is 19.7. The number of sulfonamides is 2. The molecular weight excluding hydrogens is 1720 g/mol. The van der Waals surface area contributed by atoms with Crippen molar-refractivity contribution in [3.8, 4) is 34.5 Å². The molecule has 2 saturated heterocycles. The third-order valence-corrected chi connectivity index (χ3v) is 30.6. The van der Waals surface area contributed by atoms with Gasteiger partial charge in [0.05, 0.1) is 73.1 Å². The van der Waals surface area contributed by atoms with Crippen molar-refractivity contribution in [3.05, 3.63) is 233 Å². The highest BCUT2D eigenvalue weighted by Crippen LogP contribution is 2.49. The molecule has 8 heterocycles. The number of hydrogen-bond acceptors (Lipinski definition) is 21. The number of anilines is 2. The van der Waals surface area contributed by atoms with Crippen LogP contribution in [0.15, 0.2) is 179 Å². The van der Waals surface area contributed by atoms with Crippen LogP contribution in [0, 0.1) is 54.7 Å². The number of ether oxygens (including phenoxy) is 4. The Bertz CT molecular complexity index is 6220. The zero-order chi connectivity index (χ0) is 90.3. The van der Waals surface area contributed by atoms with E-state index in [-0.39, 0.29) is 80.7 Å². The molecule has 18 rings (SSSR count). The fourth-order valence-corrected chi connectivity index (χ4v) is 22.4. The van der Waals surface area contributed by atoms with E-state index in [1.807, 2.05) is 43.3 Å². The van der Waals surface area contributed by atoms with Crippen molar-refractivity contribution in [2.24, 2.45) is 34.5 Å². The number of allylic oxidation sites excluding steroid dienone is 2. The van der Waals surface area contributed by atoms with E-state index in [9.17, 15) is 51.8 Å². The highest BCUT2D eigenvalue weighted by molar-refractivity contribution is 7.90. The SMILES string of the molecule is CC1(C)CCC(CN2CCN(c3ccc(C(=O)NS(=O)(=O)c4cc5c(c([N+](=O)[O-])c4)C[C@@H](C4CCC(C)(O)CC4)CO5)c(Oc4cnc5[nH]ccc5c4)c3)CC2)=C(c2ccc(Cl)cc2)C1.CC1(C)CCC(CN2CCN(c3ccc(C(=O)NS(=O)(=O)c4cc5c(c([N+](=O)[O-])c4)C[C@H](CC4CCCCC4)CO5)c(Oc4cnc5[nH]ccc5c4)c3)CC2)=C(c2ccc(Cl)cc2)C1. The van der Waals surface area contributed by atoms with Gasteiger partial charge in [-0.25, -0.2) is 36.2 Å². The lowest BCUT2D eigenvalue weighted by molar-refractivity contribution is -0.386. The zero-order valence-electron chi connectivity index (χ0n) is 73.3. The number of H-pyrrole nitrogens is 2. The number of rotatable bonds is 23. The van der Waals surface area contributed by atoms with E-state index in [1.54, 1.807) is 60.9 Å². The van der Waals surface area contributed by atoms with Crippen LogP contribution < -0.4 is 38.2 Å². The number of aromatic amines is 2. The Hall–Kier alpha value is -10.9. The van der Waals surface area contributed by atoms with E-state index in [0.717, 1.165) is 167 Å². The number of carbonyl (C=O) groups excluding carboxylic acids is 2. The Morgan fingerprint density at radius 1 is 0.535 bits per heavy atom. The molecule has 2 amide bonds. The quantitative estimate of drug-likeness (QED) is 0.0293. The number of nitro groups is 2. The van der Waals surface area contributed by atoms with Crippen LogP contribution in [0.3, 0.4) is 0 Å². The van der Waals surface area contributed by atoms with E-state index in [2.05, 4.69) is 101 Å². The number of halogens is 2. The van der Waals surface area contributed by atoms with Crippen LogP contribution in [0.4, 0.5) is 22.7 Å². The molecule has 678 valence electrons. The molecule has 2 saturated carbocycles. The van der Waals surface area contributed by atoms with Crippen LogP contribution in [0.25, 0.3) is 33.2 Å². The number of aliphatic hydroxyl groups is 1. The average molecular weight is 1830 g/mol. The second kappa shape index (κ2) is 37.5. The molecule has 6 aromatic carbocycles. The fourth-order valence-electron chi connectivity index (χ4n) is 20.1. The van der Waals surface area contributed by atoms with Crippen LogP contribution in [-0.2, 0) is 32.9 Å². The van der Waals surface area contributed by atoms with Crippen LogP contribution in [0.5, 0.6) is 34.5 Å². The van der Waals surface area contributed by atoms with E-state index in [0.29, 0.717) is 85.2 Å². The third kappa shape index (κ3) is 21.1. The first kappa shape index (κ1) is 90.0. The second-order valence-corrected chi connectivity index (χ2v) is 42.3.